The van der Waals surface area contributed by atoms with Crippen LogP contribution < -0.4 is 10.5 Å². The number of ether oxygens (including phenoxy) is 2. The molecule has 4 rings (SSSR count). The summed E-state index contributed by atoms with van der Waals surface area (Å²) in [5.41, 5.74) is 8.32. The summed E-state index contributed by atoms with van der Waals surface area (Å²) >= 11 is 0. The van der Waals surface area contributed by atoms with Crippen molar-refractivity contribution >= 4 is 26.9 Å². The van der Waals surface area contributed by atoms with E-state index in [1.807, 2.05) is 24.3 Å². The van der Waals surface area contributed by atoms with E-state index in [1.165, 1.54) is 12.1 Å². The van der Waals surface area contributed by atoms with E-state index in [9.17, 15) is 13.2 Å². The molecule has 0 radical (unpaired) electrons. The number of unbranched alkanes of at least 4 members (excludes halogenated alkanes) is 1. The van der Waals surface area contributed by atoms with Crippen molar-refractivity contribution in [2.75, 3.05) is 13.2 Å². The predicted octanol–water partition coefficient (Wildman–Crippen LogP) is 6.09. The molecule has 0 bridgehead atoms. The van der Waals surface area contributed by atoms with Crippen LogP contribution in [0.5, 0.6) is 5.75 Å². The van der Waals surface area contributed by atoms with Gasteiger partial charge in [-0.25, -0.2) is 17.2 Å². The minimum atomic E-state index is -4.20. The van der Waals surface area contributed by atoms with Gasteiger partial charge in [0.1, 0.15) is 5.75 Å². The molecule has 0 fully saturated rings. The standard InChI is InChI=1S/C30H32N2O5S/c1-4-7-19-37-21-17-18-27-25(20-21)28(24-16-12-11-15-23(24)26(31)5-2)29(30(33)36-6-3)32(27)38(34,35)22-13-9-8-10-14-22/h5,8-18,20,26H,2,4,6-7,19,31H2,1,3H3/t26-/m1/s1. The van der Waals surface area contributed by atoms with Gasteiger partial charge < -0.3 is 15.2 Å². The van der Waals surface area contributed by atoms with Gasteiger partial charge >= 0.3 is 5.97 Å². The quantitative estimate of drug-likeness (QED) is 0.143. The van der Waals surface area contributed by atoms with Crippen molar-refractivity contribution in [2.45, 2.75) is 37.6 Å². The largest absolute Gasteiger partial charge is 0.494 e. The van der Waals surface area contributed by atoms with Gasteiger partial charge in [0, 0.05) is 17.0 Å². The minimum absolute atomic E-state index is 0.0494. The summed E-state index contributed by atoms with van der Waals surface area (Å²) in [6, 6.07) is 19.9. The van der Waals surface area contributed by atoms with E-state index in [1.54, 1.807) is 49.4 Å². The number of hydrogen-bond donors (Lipinski definition) is 1. The monoisotopic (exact) mass is 532 g/mol. The lowest BCUT2D eigenvalue weighted by Crippen LogP contribution is -2.20. The Bertz CT molecular complexity index is 1560. The van der Waals surface area contributed by atoms with Crippen molar-refractivity contribution in [3.8, 4) is 16.9 Å². The van der Waals surface area contributed by atoms with Crippen LogP contribution in [0, 0.1) is 0 Å². The lowest BCUT2D eigenvalue weighted by Gasteiger charge is -2.16. The molecule has 0 saturated carbocycles. The molecule has 0 saturated heterocycles. The van der Waals surface area contributed by atoms with Crippen molar-refractivity contribution < 1.29 is 22.7 Å². The highest BCUT2D eigenvalue weighted by Crippen LogP contribution is 2.41. The zero-order chi connectivity index (χ0) is 27.3. The van der Waals surface area contributed by atoms with E-state index >= 15 is 0 Å². The number of nitrogens with zero attached hydrogens (tertiary/aromatic N) is 1. The maximum atomic E-state index is 14.1. The van der Waals surface area contributed by atoms with Crippen LogP contribution in [0.1, 0.15) is 48.8 Å². The summed E-state index contributed by atoms with van der Waals surface area (Å²) in [6.45, 7) is 8.17. The molecule has 38 heavy (non-hydrogen) atoms. The summed E-state index contributed by atoms with van der Waals surface area (Å²) in [7, 11) is -4.20. The number of hydrogen-bond acceptors (Lipinski definition) is 6. The number of nitrogens with two attached hydrogens (primary N) is 1. The highest BCUT2D eigenvalue weighted by molar-refractivity contribution is 7.90. The molecule has 0 amide bonds. The summed E-state index contributed by atoms with van der Waals surface area (Å²) in [6.07, 6.45) is 3.44. The van der Waals surface area contributed by atoms with Crippen LogP contribution in [-0.4, -0.2) is 31.6 Å². The lowest BCUT2D eigenvalue weighted by molar-refractivity contribution is 0.0519. The molecule has 4 aromatic rings. The number of esters is 1. The fourth-order valence-corrected chi connectivity index (χ4v) is 5.95. The molecule has 7 nitrogen and oxygen atoms in total. The normalized spacial score (nSPS) is 12.3. The van der Waals surface area contributed by atoms with Crippen LogP contribution in [0.4, 0.5) is 0 Å². The van der Waals surface area contributed by atoms with Crippen LogP contribution >= 0.6 is 0 Å². The van der Waals surface area contributed by atoms with E-state index in [4.69, 9.17) is 15.2 Å². The SMILES string of the molecule is C=C[C@@H](N)c1ccccc1-c1c(C(=O)OCC)n(S(=O)(=O)c2ccccc2)c2ccc(OCCCC)cc12. The number of carbonyl (C=O) groups excluding carboxylic acids is 1. The molecule has 3 aromatic carbocycles. The number of rotatable bonds is 11. The molecule has 0 unspecified atom stereocenters. The fourth-order valence-electron chi connectivity index (χ4n) is 4.41. The Morgan fingerprint density at radius 2 is 1.76 bits per heavy atom. The third kappa shape index (κ3) is 5.10. The number of carbonyl (C=O) groups is 1. The molecule has 8 heteroatoms. The third-order valence-electron chi connectivity index (χ3n) is 6.26. The molecule has 1 aromatic heterocycles. The summed E-state index contributed by atoms with van der Waals surface area (Å²) in [5.74, 6) is -0.184. The summed E-state index contributed by atoms with van der Waals surface area (Å²) < 4.78 is 40.6. The Labute approximate surface area is 223 Å². The average Bonchev–Trinajstić information content (AvgIpc) is 3.28. The Kier molecular flexibility index (Phi) is 8.34. The lowest BCUT2D eigenvalue weighted by atomic mass is 9.93. The van der Waals surface area contributed by atoms with Crippen molar-refractivity contribution in [3.05, 3.63) is 96.7 Å². The molecule has 0 aliphatic heterocycles. The maximum absolute atomic E-state index is 14.1. The molecule has 0 aliphatic rings. The smallest absolute Gasteiger partial charge is 0.356 e. The number of aromatic nitrogens is 1. The van der Waals surface area contributed by atoms with Gasteiger partial charge in [-0.05, 0) is 54.8 Å². The molecule has 1 atom stereocenters. The van der Waals surface area contributed by atoms with Crippen molar-refractivity contribution in [1.82, 2.24) is 3.97 Å². The Morgan fingerprint density at radius 1 is 1.05 bits per heavy atom. The van der Waals surface area contributed by atoms with Crippen LogP contribution in [-0.2, 0) is 14.8 Å². The second kappa shape index (κ2) is 11.7. The molecule has 0 aliphatic carbocycles. The zero-order valence-corrected chi connectivity index (χ0v) is 22.4. The first kappa shape index (κ1) is 27.2. The highest BCUT2D eigenvalue weighted by atomic mass is 32.2. The fraction of sp³-hybridized carbons (Fsp3) is 0.233. The van der Waals surface area contributed by atoms with Gasteiger partial charge in [0.25, 0.3) is 10.0 Å². The average molecular weight is 533 g/mol. The van der Waals surface area contributed by atoms with Crippen LogP contribution in [0.3, 0.4) is 0 Å². The first-order valence-electron chi connectivity index (χ1n) is 12.6. The molecular formula is C30H32N2O5S. The Morgan fingerprint density at radius 3 is 2.45 bits per heavy atom. The Hall–Kier alpha value is -3.88. The molecule has 198 valence electrons. The topological polar surface area (TPSA) is 101 Å². The van der Waals surface area contributed by atoms with Crippen LogP contribution in [0.2, 0.25) is 0 Å². The second-order valence-corrected chi connectivity index (χ2v) is 10.5. The van der Waals surface area contributed by atoms with Crippen LogP contribution in [0.15, 0.2) is 90.3 Å². The van der Waals surface area contributed by atoms with E-state index in [-0.39, 0.29) is 17.2 Å². The van der Waals surface area contributed by atoms with Crippen LogP contribution in [0.25, 0.3) is 22.0 Å². The zero-order valence-electron chi connectivity index (χ0n) is 21.6. The van der Waals surface area contributed by atoms with Gasteiger partial charge in [0.05, 0.1) is 23.6 Å². The van der Waals surface area contributed by atoms with Crippen molar-refractivity contribution in [3.63, 3.8) is 0 Å². The van der Waals surface area contributed by atoms with E-state index in [0.29, 0.717) is 39.9 Å². The van der Waals surface area contributed by atoms with Crippen molar-refractivity contribution in [1.29, 1.82) is 0 Å². The first-order valence-corrected chi connectivity index (χ1v) is 14.1. The Balaban J connectivity index is 2.15. The van der Waals surface area contributed by atoms with E-state index < -0.39 is 22.0 Å². The number of benzene rings is 3. The van der Waals surface area contributed by atoms with Gasteiger partial charge in [0.2, 0.25) is 0 Å². The third-order valence-corrected chi connectivity index (χ3v) is 7.98. The first-order chi connectivity index (χ1) is 18.3. The van der Waals surface area contributed by atoms with E-state index in [2.05, 4.69) is 13.5 Å². The predicted molar refractivity (Wildman–Crippen MR) is 150 cm³/mol. The molecule has 1 heterocycles. The summed E-state index contributed by atoms with van der Waals surface area (Å²) in [4.78, 5) is 13.6. The maximum Gasteiger partial charge on any atom is 0.356 e. The second-order valence-electron chi connectivity index (χ2n) is 8.76. The van der Waals surface area contributed by atoms with Gasteiger partial charge in [-0.2, -0.15) is 0 Å². The molecule has 0 spiro atoms. The minimum Gasteiger partial charge on any atom is -0.494 e. The van der Waals surface area contributed by atoms with Gasteiger partial charge in [0.15, 0.2) is 5.69 Å². The van der Waals surface area contributed by atoms with Gasteiger partial charge in [-0.3, -0.25) is 0 Å². The number of fused-ring (bicyclic) bond motifs is 1. The van der Waals surface area contributed by atoms with Gasteiger partial charge in [-0.1, -0.05) is 61.9 Å². The van der Waals surface area contributed by atoms with Crippen molar-refractivity contribution in [2.24, 2.45) is 5.73 Å². The van der Waals surface area contributed by atoms with Gasteiger partial charge in [-0.15, -0.1) is 6.58 Å². The van der Waals surface area contributed by atoms with E-state index in [0.717, 1.165) is 16.8 Å². The summed E-state index contributed by atoms with van der Waals surface area (Å²) in [5, 5.41) is 0.533. The molecule has 2 N–H and O–H groups in total. The highest BCUT2D eigenvalue weighted by Gasteiger charge is 2.33. The molecular weight excluding hydrogens is 500 g/mol.